The lowest BCUT2D eigenvalue weighted by Gasteiger charge is -2.17. The highest BCUT2D eigenvalue weighted by Crippen LogP contribution is 2.26. The zero-order valence-electron chi connectivity index (χ0n) is 11.3. The summed E-state index contributed by atoms with van der Waals surface area (Å²) in [5.74, 6) is 1.08. The summed E-state index contributed by atoms with van der Waals surface area (Å²) in [6.45, 7) is 5.33. The van der Waals surface area contributed by atoms with Gasteiger partial charge < -0.3 is 9.64 Å². The van der Waals surface area contributed by atoms with Gasteiger partial charge in [0, 0.05) is 17.8 Å². The van der Waals surface area contributed by atoms with Gasteiger partial charge in [0.05, 0.1) is 6.61 Å². The van der Waals surface area contributed by atoms with Crippen LogP contribution >= 0.6 is 15.9 Å². The SMILES string of the molecule is CC(Br)CCN(C)CCc1ccc2c(c1)CCO2. The molecule has 1 unspecified atom stereocenters. The van der Waals surface area contributed by atoms with Crippen LogP contribution in [-0.4, -0.2) is 36.5 Å². The van der Waals surface area contributed by atoms with E-state index in [0.29, 0.717) is 4.83 Å². The molecule has 0 radical (unpaired) electrons. The summed E-state index contributed by atoms with van der Waals surface area (Å²) in [5.41, 5.74) is 2.81. The lowest BCUT2D eigenvalue weighted by Crippen LogP contribution is -2.23. The van der Waals surface area contributed by atoms with Crippen molar-refractivity contribution in [2.24, 2.45) is 0 Å². The van der Waals surface area contributed by atoms with Crippen LogP contribution in [0.15, 0.2) is 18.2 Å². The van der Waals surface area contributed by atoms with Gasteiger partial charge >= 0.3 is 0 Å². The van der Waals surface area contributed by atoms with E-state index in [-0.39, 0.29) is 0 Å². The molecule has 0 saturated heterocycles. The number of ether oxygens (including phenoxy) is 1. The molecule has 0 spiro atoms. The number of hydrogen-bond acceptors (Lipinski definition) is 2. The van der Waals surface area contributed by atoms with E-state index in [1.54, 1.807) is 0 Å². The molecule has 0 aromatic heterocycles. The van der Waals surface area contributed by atoms with Crippen molar-refractivity contribution in [3.63, 3.8) is 0 Å². The maximum Gasteiger partial charge on any atom is 0.122 e. The number of halogens is 1. The first-order chi connectivity index (χ1) is 8.65. The molecule has 1 aliphatic rings. The predicted molar refractivity (Wildman–Crippen MR) is 79.8 cm³/mol. The minimum Gasteiger partial charge on any atom is -0.493 e. The molecule has 100 valence electrons. The molecule has 1 aromatic rings. The number of nitrogens with zero attached hydrogens (tertiary/aromatic N) is 1. The summed E-state index contributed by atoms with van der Waals surface area (Å²) in [4.78, 5) is 3.01. The van der Waals surface area contributed by atoms with Gasteiger partial charge in [-0.05, 0) is 43.6 Å². The molecule has 2 nitrogen and oxygen atoms in total. The molecular weight excluding hydrogens is 290 g/mol. The van der Waals surface area contributed by atoms with E-state index >= 15 is 0 Å². The van der Waals surface area contributed by atoms with Crippen LogP contribution in [0, 0.1) is 0 Å². The Kier molecular flexibility index (Phi) is 5.07. The Labute approximate surface area is 118 Å². The molecule has 0 fully saturated rings. The summed E-state index contributed by atoms with van der Waals surface area (Å²) in [6, 6.07) is 6.63. The molecule has 0 aliphatic carbocycles. The summed E-state index contributed by atoms with van der Waals surface area (Å²) in [6.07, 6.45) is 3.40. The average molecular weight is 312 g/mol. The van der Waals surface area contributed by atoms with E-state index in [1.165, 1.54) is 17.5 Å². The van der Waals surface area contributed by atoms with Gasteiger partial charge in [-0.3, -0.25) is 0 Å². The molecule has 1 heterocycles. The molecule has 0 saturated carbocycles. The number of alkyl halides is 1. The Bertz CT molecular complexity index is 392. The van der Waals surface area contributed by atoms with Crippen molar-refractivity contribution in [1.82, 2.24) is 4.90 Å². The molecular formula is C15H22BrNO. The van der Waals surface area contributed by atoms with Crippen LogP contribution in [0.25, 0.3) is 0 Å². The van der Waals surface area contributed by atoms with E-state index in [1.807, 2.05) is 0 Å². The summed E-state index contributed by atoms with van der Waals surface area (Å²) >= 11 is 3.59. The molecule has 2 rings (SSSR count). The number of hydrogen-bond donors (Lipinski definition) is 0. The van der Waals surface area contributed by atoms with E-state index in [4.69, 9.17) is 4.74 Å². The largest absolute Gasteiger partial charge is 0.493 e. The first kappa shape index (κ1) is 13.9. The third-order valence-corrected chi connectivity index (χ3v) is 3.90. The zero-order valence-corrected chi connectivity index (χ0v) is 12.9. The van der Waals surface area contributed by atoms with E-state index in [0.717, 1.165) is 38.3 Å². The second kappa shape index (κ2) is 6.58. The van der Waals surface area contributed by atoms with Crippen LogP contribution in [0.5, 0.6) is 5.75 Å². The van der Waals surface area contributed by atoms with Gasteiger partial charge in [0.1, 0.15) is 5.75 Å². The maximum atomic E-state index is 5.53. The van der Waals surface area contributed by atoms with Crippen LogP contribution in [-0.2, 0) is 12.8 Å². The minimum atomic E-state index is 0.608. The number of rotatable bonds is 6. The molecule has 1 atom stereocenters. The topological polar surface area (TPSA) is 12.5 Å². The molecule has 1 aliphatic heterocycles. The second-order valence-corrected chi connectivity index (χ2v) is 6.73. The van der Waals surface area contributed by atoms with Crippen molar-refractivity contribution in [3.05, 3.63) is 29.3 Å². The number of benzene rings is 1. The van der Waals surface area contributed by atoms with Gasteiger partial charge in [-0.1, -0.05) is 35.0 Å². The van der Waals surface area contributed by atoms with Crippen molar-refractivity contribution in [2.75, 3.05) is 26.7 Å². The van der Waals surface area contributed by atoms with Gasteiger partial charge in [-0.25, -0.2) is 0 Å². The molecule has 0 N–H and O–H groups in total. The normalized spacial score (nSPS) is 15.6. The standard InChI is InChI=1S/C15H22BrNO/c1-12(16)5-8-17(2)9-6-13-3-4-15-14(11-13)7-10-18-15/h3-4,11-12H,5-10H2,1-2H3. The second-order valence-electron chi connectivity index (χ2n) is 5.16. The fourth-order valence-electron chi connectivity index (χ4n) is 2.23. The van der Waals surface area contributed by atoms with Gasteiger partial charge in [-0.15, -0.1) is 0 Å². The Morgan fingerprint density at radius 1 is 1.39 bits per heavy atom. The molecule has 1 aromatic carbocycles. The summed E-state index contributed by atoms with van der Waals surface area (Å²) in [7, 11) is 2.20. The van der Waals surface area contributed by atoms with Crippen LogP contribution in [0.1, 0.15) is 24.5 Å². The van der Waals surface area contributed by atoms with E-state index in [9.17, 15) is 0 Å². The first-order valence-electron chi connectivity index (χ1n) is 6.72. The van der Waals surface area contributed by atoms with Crippen LogP contribution in [0.4, 0.5) is 0 Å². The van der Waals surface area contributed by atoms with Gasteiger partial charge in [0.2, 0.25) is 0 Å². The van der Waals surface area contributed by atoms with Crippen molar-refractivity contribution in [2.45, 2.75) is 31.0 Å². The van der Waals surface area contributed by atoms with E-state index in [2.05, 4.69) is 53.0 Å². The summed E-state index contributed by atoms with van der Waals surface area (Å²) < 4.78 is 5.53. The Balaban J connectivity index is 1.79. The first-order valence-corrected chi connectivity index (χ1v) is 7.64. The molecule has 0 amide bonds. The maximum absolute atomic E-state index is 5.53. The van der Waals surface area contributed by atoms with Gasteiger partial charge in [-0.2, -0.15) is 0 Å². The molecule has 18 heavy (non-hydrogen) atoms. The van der Waals surface area contributed by atoms with Crippen molar-refractivity contribution in [1.29, 1.82) is 0 Å². The highest BCUT2D eigenvalue weighted by Gasteiger charge is 2.12. The van der Waals surface area contributed by atoms with Crippen LogP contribution < -0.4 is 4.74 Å². The predicted octanol–water partition coefficient (Wildman–Crippen LogP) is 3.27. The molecule has 3 heteroatoms. The smallest absolute Gasteiger partial charge is 0.122 e. The number of likely N-dealkylation sites (N-methyl/N-ethyl adjacent to an activating group) is 1. The van der Waals surface area contributed by atoms with Crippen molar-refractivity contribution in [3.8, 4) is 5.75 Å². The minimum absolute atomic E-state index is 0.608. The third-order valence-electron chi connectivity index (χ3n) is 3.44. The van der Waals surface area contributed by atoms with Crippen molar-refractivity contribution >= 4 is 15.9 Å². The quantitative estimate of drug-likeness (QED) is 0.748. The monoisotopic (exact) mass is 311 g/mol. The summed E-state index contributed by atoms with van der Waals surface area (Å²) in [5, 5.41) is 0. The Hall–Kier alpha value is -0.540. The van der Waals surface area contributed by atoms with E-state index < -0.39 is 0 Å². The zero-order chi connectivity index (χ0) is 13.0. The van der Waals surface area contributed by atoms with Crippen LogP contribution in [0.3, 0.4) is 0 Å². The van der Waals surface area contributed by atoms with Crippen molar-refractivity contribution < 1.29 is 4.74 Å². The fourth-order valence-corrected chi connectivity index (χ4v) is 2.43. The third kappa shape index (κ3) is 3.99. The average Bonchev–Trinajstić information content (AvgIpc) is 2.81. The van der Waals surface area contributed by atoms with Gasteiger partial charge in [0.25, 0.3) is 0 Å². The molecule has 0 bridgehead atoms. The Morgan fingerprint density at radius 3 is 3.00 bits per heavy atom. The van der Waals surface area contributed by atoms with Crippen LogP contribution in [0.2, 0.25) is 0 Å². The van der Waals surface area contributed by atoms with Gasteiger partial charge in [0.15, 0.2) is 0 Å². The highest BCUT2D eigenvalue weighted by molar-refractivity contribution is 9.09. The lowest BCUT2D eigenvalue weighted by molar-refractivity contribution is 0.334. The number of fused-ring (bicyclic) bond motifs is 1. The Morgan fingerprint density at radius 2 is 2.22 bits per heavy atom. The fraction of sp³-hybridized carbons (Fsp3) is 0.600. The lowest BCUT2D eigenvalue weighted by atomic mass is 10.1. The highest BCUT2D eigenvalue weighted by atomic mass is 79.9.